The van der Waals surface area contributed by atoms with E-state index in [1.807, 2.05) is 0 Å². The molecule has 0 radical (unpaired) electrons. The van der Waals surface area contributed by atoms with Crippen LogP contribution < -0.4 is 0 Å². The largest absolute Gasteiger partial charge is 0.646 e. The summed E-state index contributed by atoms with van der Waals surface area (Å²) in [5.41, 5.74) is -0.627. The number of carbonyl (C=O) groups is 4. The topological polar surface area (TPSA) is 155 Å². The molecule has 8 nitrogen and oxygen atoms in total. The molecule has 0 saturated carbocycles. The predicted octanol–water partition coefficient (Wildman–Crippen LogP) is 4.85. The van der Waals surface area contributed by atoms with Crippen LogP contribution >= 0.6 is 0 Å². The van der Waals surface area contributed by atoms with Crippen molar-refractivity contribution in [2.24, 2.45) is 10.8 Å². The highest BCUT2D eigenvalue weighted by Gasteiger charge is 2.30. The number of thiol groups is 2. The van der Waals surface area contributed by atoms with Gasteiger partial charge in [-0.3, -0.25) is 19.2 Å². The number of rotatable bonds is 14. The van der Waals surface area contributed by atoms with E-state index in [4.69, 9.17) is 0 Å². The Morgan fingerprint density at radius 3 is 1.86 bits per heavy atom. The van der Waals surface area contributed by atoms with Gasteiger partial charge in [0.05, 0.1) is 33.4 Å². The Morgan fingerprint density at radius 1 is 0.762 bits per heavy atom. The minimum Gasteiger partial charge on any atom is -0.646 e. The number of hydrogen-bond donors (Lipinski definition) is 2. The number of unbranched alkanes of at least 4 members (excludes halogenated alkanes) is 2. The van der Waals surface area contributed by atoms with Crippen molar-refractivity contribution in [3.63, 3.8) is 0 Å². The van der Waals surface area contributed by atoms with Crippen LogP contribution in [0.25, 0.3) is 4.91 Å². The molecule has 2 aliphatic rings. The van der Waals surface area contributed by atoms with Crippen molar-refractivity contribution in [1.29, 1.82) is 0 Å². The molecule has 1 aromatic rings. The van der Waals surface area contributed by atoms with Gasteiger partial charge < -0.3 is 19.3 Å². The highest BCUT2D eigenvalue weighted by atomic mass is 32.2. The number of benzene rings is 1. The Bertz CT molecular complexity index is 1340. The van der Waals surface area contributed by atoms with E-state index < -0.39 is 44.3 Å². The average Bonchev–Trinajstić information content (AvgIpc) is 2.92. The first-order valence-corrected chi connectivity index (χ1v) is 16.9. The number of carboxylic acids is 2. The fourth-order valence-corrected chi connectivity index (χ4v) is 8.47. The number of carboxylic acid groups (broad SMARTS) is 2. The third-order valence-electron chi connectivity index (χ3n) is 8.03. The second-order valence-corrected chi connectivity index (χ2v) is 15.8. The minimum atomic E-state index is -2.05. The molecule has 0 aromatic heterocycles. The molecule has 0 fully saturated rings. The lowest BCUT2D eigenvalue weighted by Crippen LogP contribution is -2.24. The molecule has 0 bridgehead atoms. The van der Waals surface area contributed by atoms with Crippen molar-refractivity contribution in [2.45, 2.75) is 91.9 Å². The number of carbonyl (C=O) groups excluding carboxylic acids is 2. The Labute approximate surface area is 252 Å². The maximum absolute atomic E-state index is 13.7. The first-order chi connectivity index (χ1) is 19.6. The van der Waals surface area contributed by atoms with E-state index >= 15 is 0 Å². The number of hydrogen-bond acceptors (Lipinski definition) is 6. The molecule has 3 rings (SSSR count). The molecule has 10 heteroatoms. The van der Waals surface area contributed by atoms with Crippen molar-refractivity contribution < 1.29 is 38.5 Å². The molecule has 1 aromatic carbocycles. The summed E-state index contributed by atoms with van der Waals surface area (Å²) in [5, 5.41) is 18.7. The van der Waals surface area contributed by atoms with Crippen LogP contribution in [0.2, 0.25) is 0 Å². The lowest BCUT2D eigenvalue weighted by Gasteiger charge is -2.24. The van der Waals surface area contributed by atoms with Crippen LogP contribution in [0.4, 0.5) is 0 Å². The Kier molecular flexibility index (Phi) is 11.4. The first-order valence-electron chi connectivity index (χ1n) is 14.3. The lowest BCUT2D eigenvalue weighted by molar-refractivity contribution is -0.148. The van der Waals surface area contributed by atoms with E-state index in [0.717, 1.165) is 0 Å². The Balaban J connectivity index is 1.84. The van der Waals surface area contributed by atoms with Crippen LogP contribution in [0.15, 0.2) is 41.3 Å². The second kappa shape index (κ2) is 14.2. The summed E-state index contributed by atoms with van der Waals surface area (Å²) in [7, 11) is -4.10. The van der Waals surface area contributed by atoms with Crippen LogP contribution in [0.1, 0.15) is 103 Å². The van der Waals surface area contributed by atoms with Gasteiger partial charge in [0.15, 0.2) is 11.6 Å². The average molecular weight is 619 g/mol. The van der Waals surface area contributed by atoms with Gasteiger partial charge in [0.2, 0.25) is 0 Å². The molecule has 2 aliphatic heterocycles. The number of aliphatic carboxylic acids is 2. The molecular formula is C32H42O8S2. The van der Waals surface area contributed by atoms with E-state index in [1.165, 1.54) is 12.2 Å². The van der Waals surface area contributed by atoms with Crippen LogP contribution in [-0.4, -0.2) is 52.6 Å². The van der Waals surface area contributed by atoms with Crippen molar-refractivity contribution in [1.82, 2.24) is 0 Å². The number of allylic oxidation sites excluding steroid dienone is 3. The molecule has 230 valence electrons. The molecule has 2 atom stereocenters. The standard InChI is InChI=1S/C32H42O8S2/c1-31(2,29(35)36)15-9-7-11-23-17-21(33)19-27(41(23)39)25-13-5-6-14-26(25)28-20-22(34)18-24(42(28)40)12-8-10-16-32(3,4)30(37)38/h5-6,13-14,17,20,41-42H,7-12,15-16,18-19H2,1-4H3,(H2-2,34,35,36,37,38,39,40). The fourth-order valence-electron chi connectivity index (χ4n) is 5.11. The zero-order chi connectivity index (χ0) is 31.2. The van der Waals surface area contributed by atoms with Crippen LogP contribution in [0, 0.1) is 10.8 Å². The minimum absolute atomic E-state index is 0.0320. The van der Waals surface area contributed by atoms with Crippen molar-refractivity contribution in [3.8, 4) is 0 Å². The summed E-state index contributed by atoms with van der Waals surface area (Å²) in [6, 6.07) is 7.01. The van der Waals surface area contributed by atoms with E-state index in [1.54, 1.807) is 52.0 Å². The second-order valence-electron chi connectivity index (χ2n) is 12.4. The first kappa shape index (κ1) is 33.8. The van der Waals surface area contributed by atoms with Gasteiger partial charge in [-0.15, -0.1) is 0 Å². The summed E-state index contributed by atoms with van der Waals surface area (Å²) in [6.45, 7) is 6.68. The normalized spacial score (nSPS) is 20.0. The maximum Gasteiger partial charge on any atom is 0.309 e. The molecule has 0 spiro atoms. The van der Waals surface area contributed by atoms with Gasteiger partial charge in [0.25, 0.3) is 0 Å². The zero-order valence-electron chi connectivity index (χ0n) is 24.8. The SMILES string of the molecule is CC(C)(CCCCC1=CC(=O)CC(c2ccccc2C2=CC(=O)CC(CCCCC(C)(C)C(=O)O)=[SH+]2[O-])=[SH+]1[O-])C(=O)O. The highest BCUT2D eigenvalue weighted by molar-refractivity contribution is 8.00. The van der Waals surface area contributed by atoms with Gasteiger partial charge in [0, 0.05) is 36.1 Å². The van der Waals surface area contributed by atoms with Gasteiger partial charge in [-0.1, -0.05) is 25.0 Å². The van der Waals surface area contributed by atoms with Gasteiger partial charge >= 0.3 is 11.9 Å². The molecule has 0 aliphatic carbocycles. The van der Waals surface area contributed by atoms with Gasteiger partial charge in [0.1, 0.15) is 9.77 Å². The van der Waals surface area contributed by atoms with Crippen molar-refractivity contribution in [3.05, 3.63) is 52.4 Å². The summed E-state index contributed by atoms with van der Waals surface area (Å²) < 4.78 is 27.4. The molecule has 2 heterocycles. The molecule has 0 amide bonds. The van der Waals surface area contributed by atoms with E-state index in [-0.39, 0.29) is 24.4 Å². The number of ketones is 2. The molecule has 2 N–H and O–H groups in total. The van der Waals surface area contributed by atoms with Crippen LogP contribution in [0.3, 0.4) is 0 Å². The summed E-state index contributed by atoms with van der Waals surface area (Å²) in [5.74, 6) is -2.09. The van der Waals surface area contributed by atoms with Gasteiger partial charge in [-0.2, -0.15) is 21.5 Å². The van der Waals surface area contributed by atoms with Crippen molar-refractivity contribution in [2.75, 3.05) is 0 Å². The lowest BCUT2D eigenvalue weighted by atomic mass is 9.87. The maximum atomic E-state index is 13.7. The molecular weight excluding hydrogens is 576 g/mol. The van der Waals surface area contributed by atoms with E-state index in [2.05, 4.69) is 0 Å². The summed E-state index contributed by atoms with van der Waals surface area (Å²) in [4.78, 5) is 50.2. The molecule has 2 unspecified atom stereocenters. The smallest absolute Gasteiger partial charge is 0.309 e. The third kappa shape index (κ3) is 8.46. The van der Waals surface area contributed by atoms with E-state index in [9.17, 15) is 38.5 Å². The van der Waals surface area contributed by atoms with Gasteiger partial charge in [-0.25, -0.2) is 0 Å². The highest BCUT2D eigenvalue weighted by Crippen LogP contribution is 2.32. The zero-order valence-corrected chi connectivity index (χ0v) is 26.6. The predicted molar refractivity (Wildman–Crippen MR) is 170 cm³/mol. The monoisotopic (exact) mass is 618 g/mol. The Hall–Kier alpha value is -2.66. The summed E-state index contributed by atoms with van der Waals surface area (Å²) >= 11 is 0. The van der Waals surface area contributed by atoms with Crippen molar-refractivity contribution >= 4 is 59.7 Å². The molecule has 0 saturated heterocycles. The van der Waals surface area contributed by atoms with E-state index in [0.29, 0.717) is 82.0 Å². The fraction of sp³-hybridized carbons (Fsp3) is 0.500. The Morgan fingerprint density at radius 2 is 1.29 bits per heavy atom. The third-order valence-corrected chi connectivity index (χ3v) is 11.6. The van der Waals surface area contributed by atoms with Gasteiger partial charge in [-0.05, 0) is 65.5 Å². The van der Waals surface area contributed by atoms with Crippen LogP contribution in [0.5, 0.6) is 0 Å². The summed E-state index contributed by atoms with van der Waals surface area (Å²) in [6.07, 6.45) is 7.13. The van der Waals surface area contributed by atoms with Crippen LogP contribution in [-0.2, 0) is 40.7 Å². The quantitative estimate of drug-likeness (QED) is 0.130. The molecule has 42 heavy (non-hydrogen) atoms.